The van der Waals surface area contributed by atoms with Gasteiger partial charge >= 0.3 is 6.09 Å². The zero-order chi connectivity index (χ0) is 10.3. The highest BCUT2D eigenvalue weighted by atomic mass is 16.6. The average Bonchev–Trinajstić information content (AvgIpc) is 2.02. The molecule has 0 bridgehead atoms. The van der Waals surface area contributed by atoms with Gasteiger partial charge in [-0.1, -0.05) is 25.2 Å². The van der Waals surface area contributed by atoms with Crippen molar-refractivity contribution in [1.82, 2.24) is 0 Å². The van der Waals surface area contributed by atoms with Crippen molar-refractivity contribution in [3.8, 4) is 0 Å². The molecule has 0 radical (unpaired) electrons. The van der Waals surface area contributed by atoms with Crippen molar-refractivity contribution in [2.45, 2.75) is 33.3 Å². The van der Waals surface area contributed by atoms with Crippen LogP contribution in [0.15, 0.2) is 23.8 Å². The van der Waals surface area contributed by atoms with Crippen LogP contribution in [-0.4, -0.2) is 12.2 Å². The van der Waals surface area contributed by atoms with Crippen molar-refractivity contribution in [1.29, 1.82) is 0 Å². The summed E-state index contributed by atoms with van der Waals surface area (Å²) in [5.74, 6) is 0. The summed E-state index contributed by atoms with van der Waals surface area (Å²) in [6, 6.07) is 0. The molecule has 0 aliphatic rings. The van der Waals surface area contributed by atoms with E-state index in [4.69, 9.17) is 10.5 Å². The van der Waals surface area contributed by atoms with Gasteiger partial charge in [-0.2, -0.15) is 0 Å². The van der Waals surface area contributed by atoms with Gasteiger partial charge in [-0.05, 0) is 25.8 Å². The van der Waals surface area contributed by atoms with Gasteiger partial charge in [0.1, 0.15) is 6.10 Å². The van der Waals surface area contributed by atoms with E-state index in [1.54, 1.807) is 6.92 Å². The predicted octanol–water partition coefficient (Wildman–Crippen LogP) is 2.38. The van der Waals surface area contributed by atoms with E-state index in [0.717, 1.165) is 12.0 Å². The van der Waals surface area contributed by atoms with E-state index in [9.17, 15) is 4.79 Å². The summed E-state index contributed by atoms with van der Waals surface area (Å²) < 4.78 is 4.84. The number of carbonyl (C=O) groups is 1. The molecule has 0 heterocycles. The van der Waals surface area contributed by atoms with E-state index >= 15 is 0 Å². The maximum atomic E-state index is 10.5. The fourth-order valence-electron chi connectivity index (χ4n) is 1.04. The largest absolute Gasteiger partial charge is 0.442 e. The van der Waals surface area contributed by atoms with E-state index in [1.807, 2.05) is 32.1 Å². The maximum absolute atomic E-state index is 10.5. The van der Waals surface area contributed by atoms with Gasteiger partial charge in [0.05, 0.1) is 0 Å². The van der Waals surface area contributed by atoms with E-state index in [-0.39, 0.29) is 6.10 Å². The molecule has 0 spiro atoms. The standard InChI is InChI=1S/C10H17NO2/c1-4-6-9(7-5-2)8(3)13-10(11)12/h4,6-8H,5H2,1-3H3,(H2,11,12)/b6-4-,9-7+. The van der Waals surface area contributed by atoms with Crippen LogP contribution in [0.4, 0.5) is 4.79 Å². The lowest BCUT2D eigenvalue weighted by atomic mass is 10.1. The highest BCUT2D eigenvalue weighted by Crippen LogP contribution is 2.09. The van der Waals surface area contributed by atoms with Gasteiger partial charge in [0, 0.05) is 0 Å². The fraction of sp³-hybridized carbons (Fsp3) is 0.500. The van der Waals surface area contributed by atoms with Gasteiger partial charge in [-0.25, -0.2) is 4.79 Å². The average molecular weight is 183 g/mol. The Morgan fingerprint density at radius 2 is 2.23 bits per heavy atom. The predicted molar refractivity (Wildman–Crippen MR) is 53.3 cm³/mol. The van der Waals surface area contributed by atoms with Crippen LogP contribution in [0, 0.1) is 0 Å². The van der Waals surface area contributed by atoms with Gasteiger partial charge in [0.25, 0.3) is 0 Å². The van der Waals surface area contributed by atoms with Gasteiger partial charge in [-0.15, -0.1) is 0 Å². The van der Waals surface area contributed by atoms with Crippen LogP contribution in [0.2, 0.25) is 0 Å². The van der Waals surface area contributed by atoms with E-state index in [1.165, 1.54) is 0 Å². The Kier molecular flexibility index (Phi) is 5.68. The van der Waals surface area contributed by atoms with Crippen LogP contribution in [-0.2, 0) is 4.74 Å². The summed E-state index contributed by atoms with van der Waals surface area (Å²) in [7, 11) is 0. The zero-order valence-electron chi connectivity index (χ0n) is 8.41. The van der Waals surface area contributed by atoms with Crippen molar-refractivity contribution in [2.24, 2.45) is 5.73 Å². The molecule has 13 heavy (non-hydrogen) atoms. The third-order valence-corrected chi connectivity index (χ3v) is 1.56. The summed E-state index contributed by atoms with van der Waals surface area (Å²) in [6.45, 7) is 5.74. The van der Waals surface area contributed by atoms with E-state index in [0.29, 0.717) is 0 Å². The van der Waals surface area contributed by atoms with Crippen LogP contribution in [0.1, 0.15) is 27.2 Å². The first kappa shape index (κ1) is 11.8. The molecule has 0 aromatic heterocycles. The molecule has 0 aromatic carbocycles. The highest BCUT2D eigenvalue weighted by molar-refractivity contribution is 5.65. The molecule has 0 rings (SSSR count). The molecule has 3 nitrogen and oxygen atoms in total. The normalized spacial score (nSPS) is 14.5. The molecule has 74 valence electrons. The van der Waals surface area contributed by atoms with Gasteiger partial charge in [-0.3, -0.25) is 0 Å². The number of ether oxygens (including phenoxy) is 1. The Hall–Kier alpha value is -1.25. The minimum absolute atomic E-state index is 0.270. The molecule has 0 saturated carbocycles. The van der Waals surface area contributed by atoms with Gasteiger partial charge < -0.3 is 10.5 Å². The number of hydrogen-bond donors (Lipinski definition) is 1. The van der Waals surface area contributed by atoms with E-state index < -0.39 is 6.09 Å². The number of carbonyl (C=O) groups excluding carboxylic acids is 1. The monoisotopic (exact) mass is 183 g/mol. The SMILES string of the molecule is C/C=C\C(=C/CC)C(C)OC(N)=O. The second-order valence-corrected chi connectivity index (χ2v) is 2.69. The van der Waals surface area contributed by atoms with Crippen LogP contribution in [0.3, 0.4) is 0 Å². The fourth-order valence-corrected chi connectivity index (χ4v) is 1.04. The number of primary amides is 1. The molecular weight excluding hydrogens is 166 g/mol. The summed E-state index contributed by atoms with van der Waals surface area (Å²) in [4.78, 5) is 10.5. The van der Waals surface area contributed by atoms with Gasteiger partial charge in [0.15, 0.2) is 0 Å². The molecular formula is C10H17NO2. The van der Waals surface area contributed by atoms with Crippen LogP contribution in [0.5, 0.6) is 0 Å². The first-order valence-electron chi connectivity index (χ1n) is 4.40. The quantitative estimate of drug-likeness (QED) is 0.680. The smallest absolute Gasteiger partial charge is 0.405 e. The summed E-state index contributed by atoms with van der Waals surface area (Å²) >= 11 is 0. The third kappa shape index (κ3) is 5.06. The minimum Gasteiger partial charge on any atom is -0.442 e. The topological polar surface area (TPSA) is 52.3 Å². The van der Waals surface area contributed by atoms with Crippen molar-refractivity contribution in [3.05, 3.63) is 23.8 Å². The Morgan fingerprint density at radius 1 is 1.62 bits per heavy atom. The van der Waals surface area contributed by atoms with Crippen molar-refractivity contribution >= 4 is 6.09 Å². The lowest BCUT2D eigenvalue weighted by Gasteiger charge is -2.12. The Labute approximate surface area is 79.3 Å². The number of rotatable bonds is 4. The molecule has 0 aliphatic heterocycles. The van der Waals surface area contributed by atoms with Crippen molar-refractivity contribution < 1.29 is 9.53 Å². The Balaban J connectivity index is 4.36. The van der Waals surface area contributed by atoms with Crippen LogP contribution in [0.25, 0.3) is 0 Å². The number of allylic oxidation sites excluding steroid dienone is 2. The number of hydrogen-bond acceptors (Lipinski definition) is 2. The molecule has 0 aromatic rings. The number of amides is 1. The molecule has 0 fully saturated rings. The molecule has 2 N–H and O–H groups in total. The number of nitrogens with two attached hydrogens (primary N) is 1. The molecule has 1 amide bonds. The van der Waals surface area contributed by atoms with Crippen LogP contribution >= 0.6 is 0 Å². The van der Waals surface area contributed by atoms with Crippen LogP contribution < -0.4 is 5.73 Å². The molecule has 3 heteroatoms. The Bertz CT molecular complexity index is 219. The lowest BCUT2D eigenvalue weighted by molar-refractivity contribution is 0.133. The zero-order valence-corrected chi connectivity index (χ0v) is 8.41. The maximum Gasteiger partial charge on any atom is 0.405 e. The third-order valence-electron chi connectivity index (χ3n) is 1.56. The second kappa shape index (κ2) is 6.29. The Morgan fingerprint density at radius 3 is 2.62 bits per heavy atom. The minimum atomic E-state index is -0.737. The summed E-state index contributed by atoms with van der Waals surface area (Å²) in [6.07, 6.45) is 5.73. The van der Waals surface area contributed by atoms with Gasteiger partial charge in [0.2, 0.25) is 0 Å². The summed E-state index contributed by atoms with van der Waals surface area (Å²) in [5, 5.41) is 0. The molecule has 1 unspecified atom stereocenters. The molecule has 1 atom stereocenters. The van der Waals surface area contributed by atoms with E-state index in [2.05, 4.69) is 0 Å². The van der Waals surface area contributed by atoms with Crippen molar-refractivity contribution in [2.75, 3.05) is 0 Å². The molecule has 0 aliphatic carbocycles. The molecule has 0 saturated heterocycles. The van der Waals surface area contributed by atoms with Crippen molar-refractivity contribution in [3.63, 3.8) is 0 Å². The first-order chi connectivity index (χ1) is 6.11. The lowest BCUT2D eigenvalue weighted by Crippen LogP contribution is -2.21. The highest BCUT2D eigenvalue weighted by Gasteiger charge is 2.08. The first-order valence-corrected chi connectivity index (χ1v) is 4.40. The second-order valence-electron chi connectivity index (χ2n) is 2.69. The summed E-state index contributed by atoms with van der Waals surface area (Å²) in [5.41, 5.74) is 5.89.